The molecule has 4 heteroatoms. The molecule has 5 aromatic carbocycles. The summed E-state index contributed by atoms with van der Waals surface area (Å²) in [5.41, 5.74) is 14.7. The quantitative estimate of drug-likeness (QED) is 0.218. The number of nitrogens with zero attached hydrogens (tertiary/aromatic N) is 4. The molecule has 206 valence electrons. The highest BCUT2D eigenvalue weighted by atomic mass is 15.1. The first-order valence-corrected chi connectivity index (χ1v) is 14.9. The second kappa shape index (κ2) is 9.81. The summed E-state index contributed by atoms with van der Waals surface area (Å²) in [6.07, 6.45) is 7.12. The van der Waals surface area contributed by atoms with Gasteiger partial charge in [0.15, 0.2) is 0 Å². The highest BCUT2D eigenvalue weighted by Crippen LogP contribution is 2.37. The molecule has 4 nitrogen and oxygen atoms in total. The van der Waals surface area contributed by atoms with Crippen molar-refractivity contribution in [3.63, 3.8) is 0 Å². The fourth-order valence-corrected chi connectivity index (χ4v) is 6.57. The smallest absolute Gasteiger partial charge is 0.145 e. The molecule has 0 saturated heterocycles. The molecule has 0 unspecified atom stereocenters. The average Bonchev–Trinajstić information content (AvgIpc) is 3.65. The number of rotatable bonds is 4. The third kappa shape index (κ3) is 3.79. The van der Waals surface area contributed by atoms with Crippen molar-refractivity contribution in [3.05, 3.63) is 150 Å². The summed E-state index contributed by atoms with van der Waals surface area (Å²) in [5, 5.41) is 3.22. The lowest BCUT2D eigenvalue weighted by molar-refractivity contribution is 1.06. The Morgan fingerprint density at radius 2 is 1.36 bits per heavy atom. The van der Waals surface area contributed by atoms with E-state index in [9.17, 15) is 0 Å². The zero-order valence-electron chi connectivity index (χ0n) is 23.9. The van der Waals surface area contributed by atoms with Crippen molar-refractivity contribution in [3.8, 4) is 39.3 Å². The lowest BCUT2D eigenvalue weighted by Gasteiger charge is -2.11. The van der Waals surface area contributed by atoms with Crippen LogP contribution in [0.15, 0.2) is 140 Å². The van der Waals surface area contributed by atoms with Gasteiger partial charge in [-0.2, -0.15) is 0 Å². The van der Waals surface area contributed by atoms with Crippen molar-refractivity contribution in [2.75, 3.05) is 0 Å². The van der Waals surface area contributed by atoms with E-state index in [2.05, 4.69) is 142 Å². The highest BCUT2D eigenvalue weighted by molar-refractivity contribution is 6.06. The Labute approximate surface area is 253 Å². The molecule has 44 heavy (non-hydrogen) atoms. The van der Waals surface area contributed by atoms with Gasteiger partial charge in [-0.1, -0.05) is 103 Å². The van der Waals surface area contributed by atoms with Crippen LogP contribution in [-0.2, 0) is 0 Å². The van der Waals surface area contributed by atoms with E-state index < -0.39 is 0 Å². The maximum atomic E-state index is 5.04. The normalized spacial score (nSPS) is 12.4. The number of imidazole rings is 1. The minimum absolute atomic E-state index is 0.864. The van der Waals surface area contributed by atoms with Crippen LogP contribution >= 0.6 is 0 Å². The Morgan fingerprint density at radius 3 is 2.25 bits per heavy atom. The molecule has 0 aliphatic heterocycles. The molecule has 0 bridgehead atoms. The Hall–Kier alpha value is -5.96. The lowest BCUT2D eigenvalue weighted by atomic mass is 9.97. The Balaban J connectivity index is 1.17. The van der Waals surface area contributed by atoms with Crippen molar-refractivity contribution < 1.29 is 0 Å². The van der Waals surface area contributed by atoms with E-state index in [1.807, 2.05) is 18.3 Å². The van der Waals surface area contributed by atoms with Gasteiger partial charge in [-0.05, 0) is 65.6 Å². The van der Waals surface area contributed by atoms with Crippen molar-refractivity contribution >= 4 is 39.3 Å². The Morgan fingerprint density at radius 1 is 0.614 bits per heavy atom. The summed E-state index contributed by atoms with van der Waals surface area (Å²) in [6, 6.07) is 45.0. The Kier molecular flexibility index (Phi) is 5.49. The van der Waals surface area contributed by atoms with Crippen LogP contribution in [0.3, 0.4) is 0 Å². The van der Waals surface area contributed by atoms with E-state index >= 15 is 0 Å². The standard InChI is InChI=1S/C40H26N4/c1-2-13-31(14-3-1)43-37-20-9-6-17-34(37)42-40(43)28-23-21-27(22-24-28)29-11-10-12-30(25-29)39-32-15-4-7-18-35(32)44-36-19-8-5-16-33(36)41-26-38(39)44/h1-4,6-18,20-26H,5H2. The van der Waals surface area contributed by atoms with Gasteiger partial charge in [-0.3, -0.25) is 14.0 Å². The van der Waals surface area contributed by atoms with Crippen LogP contribution in [0.4, 0.5) is 0 Å². The SMILES string of the molecule is C1=CCC=c2ncc3c(-c4cccc(-c5ccc(-c6nc7ccccc7n6-c6ccccc6)cc5)c4)c4ccccc4n3c2=1. The van der Waals surface area contributed by atoms with Gasteiger partial charge in [0.1, 0.15) is 11.2 Å². The zero-order valence-corrected chi connectivity index (χ0v) is 23.9. The molecule has 3 heterocycles. The van der Waals surface area contributed by atoms with Crippen LogP contribution in [0, 0.1) is 0 Å². The number of benzene rings is 5. The number of hydrogen-bond acceptors (Lipinski definition) is 2. The second-order valence-electron chi connectivity index (χ2n) is 11.1. The largest absolute Gasteiger partial charge is 0.299 e. The van der Waals surface area contributed by atoms with Gasteiger partial charge in [-0.25, -0.2) is 4.98 Å². The summed E-state index contributed by atoms with van der Waals surface area (Å²) in [7, 11) is 0. The molecular formula is C40H26N4. The average molecular weight is 563 g/mol. The fraction of sp³-hybridized carbons (Fsp3) is 0.0250. The van der Waals surface area contributed by atoms with E-state index in [1.165, 1.54) is 27.6 Å². The number of aromatic nitrogens is 4. The predicted octanol–water partition coefficient (Wildman–Crippen LogP) is 7.95. The van der Waals surface area contributed by atoms with Crippen molar-refractivity contribution in [2.45, 2.75) is 6.42 Å². The Bertz CT molecular complexity index is 2550. The van der Waals surface area contributed by atoms with Crippen molar-refractivity contribution in [1.82, 2.24) is 18.9 Å². The zero-order chi connectivity index (χ0) is 29.0. The molecule has 8 aromatic rings. The van der Waals surface area contributed by atoms with Gasteiger partial charge in [-0.15, -0.1) is 0 Å². The molecule has 1 aliphatic rings. The van der Waals surface area contributed by atoms with Gasteiger partial charge in [0.25, 0.3) is 0 Å². The molecule has 9 rings (SSSR count). The molecule has 0 saturated carbocycles. The molecule has 0 spiro atoms. The summed E-state index contributed by atoms with van der Waals surface area (Å²) in [6.45, 7) is 0. The molecule has 0 amide bonds. The molecular weight excluding hydrogens is 536 g/mol. The van der Waals surface area contributed by atoms with E-state index in [-0.39, 0.29) is 0 Å². The van der Waals surface area contributed by atoms with Gasteiger partial charge < -0.3 is 0 Å². The lowest BCUT2D eigenvalue weighted by Crippen LogP contribution is -2.34. The molecule has 0 radical (unpaired) electrons. The summed E-state index contributed by atoms with van der Waals surface area (Å²) >= 11 is 0. The maximum absolute atomic E-state index is 5.04. The van der Waals surface area contributed by atoms with E-state index in [4.69, 9.17) is 9.97 Å². The van der Waals surface area contributed by atoms with Gasteiger partial charge in [0.2, 0.25) is 0 Å². The van der Waals surface area contributed by atoms with Crippen LogP contribution in [0.5, 0.6) is 0 Å². The van der Waals surface area contributed by atoms with Crippen molar-refractivity contribution in [2.24, 2.45) is 0 Å². The van der Waals surface area contributed by atoms with E-state index in [0.717, 1.165) is 56.3 Å². The first-order valence-electron chi connectivity index (χ1n) is 14.9. The van der Waals surface area contributed by atoms with Crippen LogP contribution in [0.1, 0.15) is 6.42 Å². The first kappa shape index (κ1) is 24.6. The predicted molar refractivity (Wildman–Crippen MR) is 180 cm³/mol. The van der Waals surface area contributed by atoms with Gasteiger partial charge >= 0.3 is 0 Å². The second-order valence-corrected chi connectivity index (χ2v) is 11.1. The fourth-order valence-electron chi connectivity index (χ4n) is 6.57. The highest BCUT2D eigenvalue weighted by Gasteiger charge is 2.17. The van der Waals surface area contributed by atoms with Crippen molar-refractivity contribution in [1.29, 1.82) is 0 Å². The molecule has 0 fully saturated rings. The summed E-state index contributed by atoms with van der Waals surface area (Å²) in [5.74, 6) is 0.934. The van der Waals surface area contributed by atoms with Crippen LogP contribution in [0.25, 0.3) is 78.6 Å². The van der Waals surface area contributed by atoms with Crippen LogP contribution in [-0.4, -0.2) is 18.9 Å². The third-order valence-corrected chi connectivity index (χ3v) is 8.57. The summed E-state index contributed by atoms with van der Waals surface area (Å²) in [4.78, 5) is 9.87. The molecule has 1 aliphatic carbocycles. The van der Waals surface area contributed by atoms with Gasteiger partial charge in [0, 0.05) is 22.2 Å². The maximum Gasteiger partial charge on any atom is 0.145 e. The number of fused-ring (bicyclic) bond motifs is 6. The number of hydrogen-bond donors (Lipinski definition) is 0. The molecule has 0 atom stereocenters. The summed E-state index contributed by atoms with van der Waals surface area (Å²) < 4.78 is 4.55. The van der Waals surface area contributed by atoms with Gasteiger partial charge in [0.05, 0.1) is 33.6 Å². The van der Waals surface area contributed by atoms with E-state index in [1.54, 1.807) is 0 Å². The number of allylic oxidation sites excluding steroid dienone is 1. The topological polar surface area (TPSA) is 35.1 Å². The first-order chi connectivity index (χ1) is 21.8. The molecule has 0 N–H and O–H groups in total. The van der Waals surface area contributed by atoms with E-state index in [0.29, 0.717) is 0 Å². The minimum Gasteiger partial charge on any atom is -0.299 e. The minimum atomic E-state index is 0.864. The van der Waals surface area contributed by atoms with Crippen LogP contribution < -0.4 is 10.7 Å². The number of para-hydroxylation sites is 4. The third-order valence-electron chi connectivity index (χ3n) is 8.57. The van der Waals surface area contributed by atoms with Crippen LogP contribution in [0.2, 0.25) is 0 Å². The molecule has 3 aromatic heterocycles. The monoisotopic (exact) mass is 562 g/mol.